The Balaban J connectivity index is 1.86. The Labute approximate surface area is 140 Å². The molecular weight excluding hydrogens is 308 g/mol. The van der Waals surface area contributed by atoms with E-state index in [0.717, 1.165) is 29.2 Å². The highest BCUT2D eigenvalue weighted by atomic mass is 35.5. The number of hydrogen-bond acceptors (Lipinski definition) is 2. The van der Waals surface area contributed by atoms with Gasteiger partial charge in [0.2, 0.25) is 0 Å². The van der Waals surface area contributed by atoms with Crippen molar-refractivity contribution in [1.82, 2.24) is 9.88 Å². The molecule has 1 saturated heterocycles. The second-order valence-electron chi connectivity index (χ2n) is 6.17. The number of nitrogens with zero attached hydrogens (tertiary/aromatic N) is 1. The molecule has 1 aliphatic heterocycles. The molecule has 0 saturated carbocycles. The van der Waals surface area contributed by atoms with Gasteiger partial charge in [0, 0.05) is 22.1 Å². The number of aromatic hydroxyl groups is 1. The van der Waals surface area contributed by atoms with Gasteiger partial charge in [0.05, 0.1) is 6.04 Å². The summed E-state index contributed by atoms with van der Waals surface area (Å²) < 4.78 is 0. The van der Waals surface area contributed by atoms with Crippen LogP contribution in [-0.4, -0.2) is 28.1 Å². The maximum absolute atomic E-state index is 9.91. The van der Waals surface area contributed by atoms with E-state index in [2.05, 4.69) is 28.2 Å². The van der Waals surface area contributed by atoms with Crippen LogP contribution in [0.2, 0.25) is 5.02 Å². The van der Waals surface area contributed by atoms with Gasteiger partial charge in [-0.25, -0.2) is 0 Å². The Morgan fingerprint density at radius 1 is 1.09 bits per heavy atom. The monoisotopic (exact) mass is 326 g/mol. The average molecular weight is 327 g/mol. The fourth-order valence-electron chi connectivity index (χ4n) is 3.63. The third-order valence-electron chi connectivity index (χ3n) is 4.66. The summed E-state index contributed by atoms with van der Waals surface area (Å²) in [6.45, 7) is 2.17. The minimum Gasteiger partial charge on any atom is -0.508 e. The van der Waals surface area contributed by atoms with E-state index in [1.54, 1.807) is 6.07 Å². The van der Waals surface area contributed by atoms with Gasteiger partial charge in [0.15, 0.2) is 0 Å². The Morgan fingerprint density at radius 3 is 2.70 bits per heavy atom. The van der Waals surface area contributed by atoms with Gasteiger partial charge >= 0.3 is 0 Å². The first kappa shape index (κ1) is 14.6. The van der Waals surface area contributed by atoms with Crippen LogP contribution < -0.4 is 0 Å². The van der Waals surface area contributed by atoms with Crippen LogP contribution in [0.1, 0.15) is 30.0 Å². The van der Waals surface area contributed by atoms with Crippen LogP contribution in [0.3, 0.4) is 0 Å². The normalized spacial score (nSPS) is 16.9. The molecule has 0 spiro atoms. The van der Waals surface area contributed by atoms with E-state index in [1.807, 2.05) is 24.3 Å². The standard InChI is InChI=1S/C19H19ClN2O/c20-14-6-7-16-17(12-21-18(16)11-14)19(22-8-1-2-9-22)13-4-3-5-15(23)10-13/h3-7,10-12,19,21,23H,1-2,8-9H2. The summed E-state index contributed by atoms with van der Waals surface area (Å²) in [5, 5.41) is 11.8. The summed E-state index contributed by atoms with van der Waals surface area (Å²) >= 11 is 6.11. The first-order valence-electron chi connectivity index (χ1n) is 8.02. The summed E-state index contributed by atoms with van der Waals surface area (Å²) in [5.41, 5.74) is 3.42. The predicted molar refractivity (Wildman–Crippen MR) is 94.1 cm³/mol. The summed E-state index contributed by atoms with van der Waals surface area (Å²) in [4.78, 5) is 5.84. The second kappa shape index (κ2) is 5.91. The number of fused-ring (bicyclic) bond motifs is 1. The van der Waals surface area contributed by atoms with Crippen molar-refractivity contribution >= 4 is 22.5 Å². The number of benzene rings is 2. The van der Waals surface area contributed by atoms with Gasteiger partial charge in [0.1, 0.15) is 5.75 Å². The predicted octanol–water partition coefficient (Wildman–Crippen LogP) is 4.71. The fourth-order valence-corrected chi connectivity index (χ4v) is 3.80. The molecule has 0 aliphatic carbocycles. The number of phenols is 1. The Morgan fingerprint density at radius 2 is 1.91 bits per heavy atom. The van der Waals surface area contributed by atoms with Crippen LogP contribution in [0.5, 0.6) is 5.75 Å². The van der Waals surface area contributed by atoms with Crippen molar-refractivity contribution in [3.05, 3.63) is 64.8 Å². The molecular formula is C19H19ClN2O. The third-order valence-corrected chi connectivity index (χ3v) is 4.90. The molecule has 1 aromatic heterocycles. The van der Waals surface area contributed by atoms with Crippen molar-refractivity contribution in [3.8, 4) is 5.75 Å². The maximum Gasteiger partial charge on any atom is 0.115 e. The van der Waals surface area contributed by atoms with E-state index < -0.39 is 0 Å². The number of halogens is 1. The summed E-state index contributed by atoms with van der Waals surface area (Å²) in [5.74, 6) is 0.314. The van der Waals surface area contributed by atoms with E-state index in [1.165, 1.54) is 23.8 Å². The molecule has 0 radical (unpaired) electrons. The lowest BCUT2D eigenvalue weighted by Gasteiger charge is -2.28. The first-order valence-corrected chi connectivity index (χ1v) is 8.40. The highest BCUT2D eigenvalue weighted by molar-refractivity contribution is 6.31. The van der Waals surface area contributed by atoms with Gasteiger partial charge in [-0.2, -0.15) is 0 Å². The van der Waals surface area contributed by atoms with E-state index in [4.69, 9.17) is 11.6 Å². The molecule has 3 nitrogen and oxygen atoms in total. The summed E-state index contributed by atoms with van der Waals surface area (Å²) in [6, 6.07) is 13.7. The van der Waals surface area contributed by atoms with Crippen LogP contribution >= 0.6 is 11.6 Å². The zero-order valence-electron chi connectivity index (χ0n) is 12.8. The van der Waals surface area contributed by atoms with Gasteiger partial charge in [-0.1, -0.05) is 29.8 Å². The van der Waals surface area contributed by atoms with Gasteiger partial charge in [-0.3, -0.25) is 4.90 Å². The lowest BCUT2D eigenvalue weighted by molar-refractivity contribution is 0.282. The van der Waals surface area contributed by atoms with Crippen molar-refractivity contribution in [2.75, 3.05) is 13.1 Å². The van der Waals surface area contributed by atoms with Crippen molar-refractivity contribution < 1.29 is 5.11 Å². The van der Waals surface area contributed by atoms with Gasteiger partial charge in [-0.05, 0) is 61.3 Å². The Kier molecular flexibility index (Phi) is 3.76. The first-order chi connectivity index (χ1) is 11.2. The maximum atomic E-state index is 9.91. The van der Waals surface area contributed by atoms with Crippen molar-refractivity contribution in [2.24, 2.45) is 0 Å². The lowest BCUT2D eigenvalue weighted by atomic mass is 9.96. The van der Waals surface area contributed by atoms with Crippen LogP contribution in [0.15, 0.2) is 48.7 Å². The fraction of sp³-hybridized carbons (Fsp3) is 0.263. The van der Waals surface area contributed by atoms with Crippen LogP contribution in [0, 0.1) is 0 Å². The van der Waals surface area contributed by atoms with Crippen LogP contribution in [0.4, 0.5) is 0 Å². The molecule has 4 heteroatoms. The number of H-pyrrole nitrogens is 1. The quantitative estimate of drug-likeness (QED) is 0.731. The van der Waals surface area contributed by atoms with Crippen molar-refractivity contribution in [1.29, 1.82) is 0 Å². The number of hydrogen-bond donors (Lipinski definition) is 2. The number of rotatable bonds is 3. The van der Waals surface area contributed by atoms with E-state index in [-0.39, 0.29) is 6.04 Å². The summed E-state index contributed by atoms with van der Waals surface area (Å²) in [7, 11) is 0. The minimum atomic E-state index is 0.152. The minimum absolute atomic E-state index is 0.152. The smallest absolute Gasteiger partial charge is 0.115 e. The lowest BCUT2D eigenvalue weighted by Crippen LogP contribution is -2.26. The van der Waals surface area contributed by atoms with Gasteiger partial charge in [0.25, 0.3) is 0 Å². The highest BCUT2D eigenvalue weighted by Gasteiger charge is 2.27. The number of phenolic OH excluding ortho intramolecular Hbond substituents is 1. The van der Waals surface area contributed by atoms with Crippen LogP contribution in [0.25, 0.3) is 10.9 Å². The molecule has 2 N–H and O–H groups in total. The Bertz CT molecular complexity index is 836. The number of aromatic nitrogens is 1. The molecule has 1 atom stereocenters. The third kappa shape index (κ3) is 2.71. The zero-order chi connectivity index (χ0) is 15.8. The van der Waals surface area contributed by atoms with Gasteiger partial charge in [-0.15, -0.1) is 0 Å². The molecule has 2 aromatic carbocycles. The number of aromatic amines is 1. The Hall–Kier alpha value is -1.97. The van der Waals surface area contributed by atoms with E-state index in [0.29, 0.717) is 5.75 Å². The number of likely N-dealkylation sites (tertiary alicyclic amines) is 1. The SMILES string of the molecule is Oc1cccc(C(c2c[nH]c3cc(Cl)ccc23)N2CCCC2)c1. The molecule has 4 rings (SSSR count). The topological polar surface area (TPSA) is 39.3 Å². The zero-order valence-corrected chi connectivity index (χ0v) is 13.6. The second-order valence-corrected chi connectivity index (χ2v) is 6.61. The van der Waals surface area contributed by atoms with Crippen LogP contribution in [-0.2, 0) is 0 Å². The summed E-state index contributed by atoms with van der Waals surface area (Å²) in [6.07, 6.45) is 4.53. The molecule has 118 valence electrons. The van der Waals surface area contributed by atoms with E-state index >= 15 is 0 Å². The average Bonchev–Trinajstić information content (AvgIpc) is 3.18. The van der Waals surface area contributed by atoms with Gasteiger partial charge < -0.3 is 10.1 Å². The molecule has 1 unspecified atom stereocenters. The van der Waals surface area contributed by atoms with E-state index in [9.17, 15) is 5.11 Å². The molecule has 0 amide bonds. The van der Waals surface area contributed by atoms with Crippen molar-refractivity contribution in [3.63, 3.8) is 0 Å². The molecule has 0 bridgehead atoms. The molecule has 2 heterocycles. The largest absolute Gasteiger partial charge is 0.508 e. The molecule has 23 heavy (non-hydrogen) atoms. The number of nitrogens with one attached hydrogen (secondary N) is 1. The highest BCUT2D eigenvalue weighted by Crippen LogP contribution is 2.37. The van der Waals surface area contributed by atoms with Crippen molar-refractivity contribution in [2.45, 2.75) is 18.9 Å². The molecule has 1 fully saturated rings. The molecule has 3 aromatic rings. The molecule has 1 aliphatic rings.